The van der Waals surface area contributed by atoms with Gasteiger partial charge in [-0.05, 0) is 31.2 Å². The zero-order valence-corrected chi connectivity index (χ0v) is 14.8. The number of hydrogen-bond donors (Lipinski definition) is 0. The van der Waals surface area contributed by atoms with Crippen LogP contribution in [-0.4, -0.2) is 54.5 Å². The fraction of sp³-hybridized carbons (Fsp3) is 0.316. The minimum Gasteiger partial charge on any atom is -0.462 e. The van der Waals surface area contributed by atoms with Gasteiger partial charge in [0.05, 0.1) is 6.61 Å². The number of piperazine rings is 1. The van der Waals surface area contributed by atoms with E-state index < -0.39 is 29.1 Å². The first-order valence-electron chi connectivity index (χ1n) is 8.63. The number of hydrogen-bond acceptors (Lipinski definition) is 5. The molecule has 1 aromatic carbocycles. The Morgan fingerprint density at radius 1 is 1.07 bits per heavy atom. The van der Waals surface area contributed by atoms with Gasteiger partial charge in [-0.3, -0.25) is 4.79 Å². The quantitative estimate of drug-likeness (QED) is 0.769. The first-order chi connectivity index (χ1) is 13.0. The molecule has 3 rings (SSSR count). The molecule has 0 saturated carbocycles. The van der Waals surface area contributed by atoms with Crippen LogP contribution in [0.15, 0.2) is 36.5 Å². The number of anilines is 1. The van der Waals surface area contributed by atoms with Gasteiger partial charge in [0, 0.05) is 32.4 Å². The van der Waals surface area contributed by atoms with Crippen LogP contribution in [0.2, 0.25) is 0 Å². The van der Waals surface area contributed by atoms with E-state index in [1.165, 1.54) is 11.0 Å². The van der Waals surface area contributed by atoms with E-state index in [-0.39, 0.29) is 19.7 Å². The number of carbonyl (C=O) groups excluding carboxylic acids is 2. The van der Waals surface area contributed by atoms with E-state index in [4.69, 9.17) is 4.74 Å². The third-order valence-corrected chi connectivity index (χ3v) is 4.33. The highest BCUT2D eigenvalue weighted by Gasteiger charge is 2.28. The van der Waals surface area contributed by atoms with Crippen molar-refractivity contribution >= 4 is 17.7 Å². The molecule has 8 heteroatoms. The van der Waals surface area contributed by atoms with Gasteiger partial charge in [0.15, 0.2) is 0 Å². The highest BCUT2D eigenvalue weighted by atomic mass is 19.1. The number of rotatable bonds is 4. The smallest absolute Gasteiger partial charge is 0.341 e. The number of aromatic nitrogens is 1. The summed E-state index contributed by atoms with van der Waals surface area (Å²) in [5.74, 6) is -2.43. The van der Waals surface area contributed by atoms with Gasteiger partial charge in [0.25, 0.3) is 5.91 Å². The number of esters is 1. The second-order valence-electron chi connectivity index (χ2n) is 5.97. The average Bonchev–Trinajstić information content (AvgIpc) is 2.68. The number of amides is 1. The standard InChI is InChI=1S/C19H19F2N3O3/c1-2-27-19(26)13-5-4-8-22-17(13)23-9-11-24(12-10-23)18(25)16-14(20)6-3-7-15(16)21/h3-8H,2,9-12H2,1H3. The van der Waals surface area contributed by atoms with Crippen LogP contribution >= 0.6 is 0 Å². The lowest BCUT2D eigenvalue weighted by molar-refractivity contribution is 0.0525. The summed E-state index contributed by atoms with van der Waals surface area (Å²) in [6, 6.07) is 6.62. The summed E-state index contributed by atoms with van der Waals surface area (Å²) in [5.41, 5.74) is -0.199. The first-order valence-corrected chi connectivity index (χ1v) is 8.63. The zero-order chi connectivity index (χ0) is 19.4. The molecular formula is C19H19F2N3O3. The van der Waals surface area contributed by atoms with Crippen molar-refractivity contribution in [2.24, 2.45) is 0 Å². The molecule has 1 amide bonds. The van der Waals surface area contributed by atoms with E-state index in [2.05, 4.69) is 4.98 Å². The van der Waals surface area contributed by atoms with Crippen LogP contribution in [0, 0.1) is 11.6 Å². The Hall–Kier alpha value is -3.03. The average molecular weight is 375 g/mol. The molecule has 1 saturated heterocycles. The molecule has 142 valence electrons. The first kappa shape index (κ1) is 18.8. The Balaban J connectivity index is 1.73. The van der Waals surface area contributed by atoms with Crippen LogP contribution in [-0.2, 0) is 4.74 Å². The van der Waals surface area contributed by atoms with Gasteiger partial charge in [-0.2, -0.15) is 0 Å². The van der Waals surface area contributed by atoms with Crippen molar-refractivity contribution in [3.63, 3.8) is 0 Å². The number of benzene rings is 1. The van der Waals surface area contributed by atoms with Gasteiger partial charge >= 0.3 is 5.97 Å². The van der Waals surface area contributed by atoms with E-state index in [0.29, 0.717) is 24.5 Å². The SMILES string of the molecule is CCOC(=O)c1cccnc1N1CCN(C(=O)c2c(F)cccc2F)CC1. The Morgan fingerprint density at radius 3 is 2.37 bits per heavy atom. The van der Waals surface area contributed by atoms with Crippen molar-refractivity contribution in [3.05, 3.63) is 59.3 Å². The van der Waals surface area contributed by atoms with Gasteiger partial charge in [-0.15, -0.1) is 0 Å². The topological polar surface area (TPSA) is 62.7 Å². The molecule has 1 fully saturated rings. The van der Waals surface area contributed by atoms with Gasteiger partial charge < -0.3 is 14.5 Å². The van der Waals surface area contributed by atoms with Gasteiger partial charge in [0.2, 0.25) is 0 Å². The summed E-state index contributed by atoms with van der Waals surface area (Å²) >= 11 is 0. The maximum Gasteiger partial charge on any atom is 0.341 e. The number of nitrogens with zero attached hydrogens (tertiary/aromatic N) is 3. The molecule has 1 aliphatic rings. The molecule has 0 aliphatic carbocycles. The molecule has 1 aromatic heterocycles. The molecule has 0 N–H and O–H groups in total. The Bertz CT molecular complexity index is 832. The number of pyridine rings is 1. The Labute approximate surface area is 155 Å². The molecular weight excluding hydrogens is 356 g/mol. The lowest BCUT2D eigenvalue weighted by atomic mass is 10.1. The molecule has 2 aromatic rings. The number of halogens is 2. The van der Waals surface area contributed by atoms with E-state index in [1.54, 1.807) is 25.3 Å². The second kappa shape index (κ2) is 8.11. The van der Waals surface area contributed by atoms with Crippen LogP contribution in [0.5, 0.6) is 0 Å². The van der Waals surface area contributed by atoms with Crippen molar-refractivity contribution in [2.45, 2.75) is 6.92 Å². The summed E-state index contributed by atoms with van der Waals surface area (Å²) < 4.78 is 32.8. The summed E-state index contributed by atoms with van der Waals surface area (Å²) in [6.07, 6.45) is 1.57. The predicted octanol–water partition coefficient (Wildman–Crippen LogP) is 2.50. The zero-order valence-electron chi connectivity index (χ0n) is 14.8. The van der Waals surface area contributed by atoms with Crippen LogP contribution in [0.4, 0.5) is 14.6 Å². The van der Waals surface area contributed by atoms with Gasteiger partial charge in [0.1, 0.15) is 28.6 Å². The molecule has 0 atom stereocenters. The summed E-state index contributed by atoms with van der Waals surface area (Å²) in [4.78, 5) is 32.1. The summed E-state index contributed by atoms with van der Waals surface area (Å²) in [6.45, 7) is 3.25. The number of carbonyl (C=O) groups is 2. The minimum absolute atomic E-state index is 0.254. The maximum atomic E-state index is 13.9. The van der Waals surface area contributed by atoms with Crippen molar-refractivity contribution in [3.8, 4) is 0 Å². The van der Waals surface area contributed by atoms with Gasteiger partial charge in [-0.25, -0.2) is 18.6 Å². The van der Waals surface area contributed by atoms with Crippen molar-refractivity contribution < 1.29 is 23.1 Å². The molecule has 6 nitrogen and oxygen atoms in total. The monoisotopic (exact) mass is 375 g/mol. The van der Waals surface area contributed by atoms with E-state index in [9.17, 15) is 18.4 Å². The highest BCUT2D eigenvalue weighted by molar-refractivity contribution is 5.96. The van der Waals surface area contributed by atoms with E-state index >= 15 is 0 Å². The van der Waals surface area contributed by atoms with Crippen molar-refractivity contribution in [1.82, 2.24) is 9.88 Å². The molecule has 0 spiro atoms. The molecule has 2 heterocycles. The minimum atomic E-state index is -0.878. The number of ether oxygens (including phenoxy) is 1. The van der Waals surface area contributed by atoms with Crippen LogP contribution in [0.3, 0.4) is 0 Å². The summed E-state index contributed by atoms with van der Waals surface area (Å²) in [5, 5.41) is 0. The Morgan fingerprint density at radius 2 is 1.74 bits per heavy atom. The van der Waals surface area contributed by atoms with Crippen molar-refractivity contribution in [1.29, 1.82) is 0 Å². The third kappa shape index (κ3) is 3.89. The largest absolute Gasteiger partial charge is 0.462 e. The normalized spacial score (nSPS) is 14.2. The fourth-order valence-corrected chi connectivity index (χ4v) is 3.00. The lowest BCUT2D eigenvalue weighted by Gasteiger charge is -2.36. The second-order valence-corrected chi connectivity index (χ2v) is 5.97. The molecule has 0 radical (unpaired) electrons. The Kier molecular flexibility index (Phi) is 5.63. The fourth-order valence-electron chi connectivity index (χ4n) is 3.00. The molecule has 0 bridgehead atoms. The van der Waals surface area contributed by atoms with E-state index in [1.807, 2.05) is 4.90 Å². The predicted molar refractivity (Wildman–Crippen MR) is 94.7 cm³/mol. The lowest BCUT2D eigenvalue weighted by Crippen LogP contribution is -2.49. The van der Waals surface area contributed by atoms with Crippen molar-refractivity contribution in [2.75, 3.05) is 37.7 Å². The highest BCUT2D eigenvalue weighted by Crippen LogP contribution is 2.21. The molecule has 0 unspecified atom stereocenters. The van der Waals surface area contributed by atoms with Crippen LogP contribution < -0.4 is 4.90 Å². The third-order valence-electron chi connectivity index (χ3n) is 4.33. The van der Waals surface area contributed by atoms with E-state index in [0.717, 1.165) is 12.1 Å². The molecule has 1 aliphatic heterocycles. The van der Waals surface area contributed by atoms with Gasteiger partial charge in [-0.1, -0.05) is 6.07 Å². The van der Waals surface area contributed by atoms with Crippen LogP contribution in [0.25, 0.3) is 0 Å². The molecule has 27 heavy (non-hydrogen) atoms. The maximum absolute atomic E-state index is 13.9. The summed E-state index contributed by atoms with van der Waals surface area (Å²) in [7, 11) is 0. The van der Waals surface area contributed by atoms with Crippen LogP contribution in [0.1, 0.15) is 27.6 Å².